The summed E-state index contributed by atoms with van der Waals surface area (Å²) in [4.78, 5) is 21.6. The fourth-order valence-electron chi connectivity index (χ4n) is 2.74. The number of aromatic nitrogens is 4. The van der Waals surface area contributed by atoms with Gasteiger partial charge < -0.3 is 15.4 Å². The van der Waals surface area contributed by atoms with Crippen LogP contribution in [-0.4, -0.2) is 58.2 Å². The van der Waals surface area contributed by atoms with E-state index in [-0.39, 0.29) is 5.91 Å². The SMILES string of the molecule is CCCSc1nc(NCCOC)c2cnn(CCNC(=O)c3ccc(Cl)cc3)c2n1. The van der Waals surface area contributed by atoms with Crippen LogP contribution in [0.3, 0.4) is 0 Å². The molecule has 0 aliphatic heterocycles. The highest BCUT2D eigenvalue weighted by Crippen LogP contribution is 2.24. The zero-order chi connectivity index (χ0) is 21.3. The van der Waals surface area contributed by atoms with Gasteiger partial charge in [0.25, 0.3) is 5.91 Å². The molecular formula is C20H25ClN6O2S. The van der Waals surface area contributed by atoms with Crippen molar-refractivity contribution in [2.75, 3.05) is 37.9 Å². The van der Waals surface area contributed by atoms with E-state index in [0.29, 0.717) is 42.0 Å². The molecule has 0 aliphatic carbocycles. The number of thioether (sulfide) groups is 1. The summed E-state index contributed by atoms with van der Waals surface area (Å²) in [5.74, 6) is 1.53. The number of rotatable bonds is 11. The van der Waals surface area contributed by atoms with E-state index >= 15 is 0 Å². The third kappa shape index (κ3) is 5.84. The Morgan fingerprint density at radius 3 is 2.77 bits per heavy atom. The molecule has 10 heteroatoms. The number of halogens is 1. The highest BCUT2D eigenvalue weighted by atomic mass is 35.5. The molecule has 1 aromatic carbocycles. The Morgan fingerprint density at radius 1 is 1.23 bits per heavy atom. The lowest BCUT2D eigenvalue weighted by Gasteiger charge is -2.10. The lowest BCUT2D eigenvalue weighted by atomic mass is 10.2. The number of hydrogen-bond donors (Lipinski definition) is 2. The minimum absolute atomic E-state index is 0.154. The highest BCUT2D eigenvalue weighted by Gasteiger charge is 2.14. The van der Waals surface area contributed by atoms with Gasteiger partial charge in [0.05, 0.1) is 24.7 Å². The smallest absolute Gasteiger partial charge is 0.251 e. The topological polar surface area (TPSA) is 94.0 Å². The Bertz CT molecular complexity index is 979. The summed E-state index contributed by atoms with van der Waals surface area (Å²) in [5.41, 5.74) is 1.30. The number of anilines is 1. The number of ether oxygens (including phenoxy) is 1. The molecule has 0 radical (unpaired) electrons. The van der Waals surface area contributed by atoms with Crippen molar-refractivity contribution < 1.29 is 9.53 Å². The van der Waals surface area contributed by atoms with Crippen molar-refractivity contribution in [2.24, 2.45) is 0 Å². The molecule has 3 aromatic rings. The van der Waals surface area contributed by atoms with Crippen LogP contribution in [0.2, 0.25) is 5.02 Å². The summed E-state index contributed by atoms with van der Waals surface area (Å²) < 4.78 is 6.90. The number of carbonyl (C=O) groups is 1. The summed E-state index contributed by atoms with van der Waals surface area (Å²) in [6, 6.07) is 6.79. The van der Waals surface area contributed by atoms with Crippen LogP contribution in [0.4, 0.5) is 5.82 Å². The van der Waals surface area contributed by atoms with E-state index in [1.807, 2.05) is 0 Å². The molecule has 160 valence electrons. The maximum absolute atomic E-state index is 12.3. The van der Waals surface area contributed by atoms with Crippen molar-refractivity contribution in [3.63, 3.8) is 0 Å². The second-order valence-corrected chi connectivity index (χ2v) is 7.99. The van der Waals surface area contributed by atoms with E-state index in [1.165, 1.54) is 0 Å². The standard InChI is InChI=1S/C20H25ClN6O2S/c1-3-12-30-20-25-17(22-9-11-29-2)16-13-24-27(18(16)26-20)10-8-23-19(28)14-4-6-15(21)7-5-14/h4-7,13H,3,8-12H2,1-2H3,(H,23,28)(H,22,25,26). The molecule has 3 rings (SSSR count). The van der Waals surface area contributed by atoms with Gasteiger partial charge in [-0.2, -0.15) is 5.10 Å². The van der Waals surface area contributed by atoms with Crippen LogP contribution >= 0.6 is 23.4 Å². The highest BCUT2D eigenvalue weighted by molar-refractivity contribution is 7.99. The third-order valence-electron chi connectivity index (χ3n) is 4.23. The Labute approximate surface area is 184 Å². The predicted octanol–water partition coefficient (Wildman–Crippen LogP) is 3.47. The molecule has 2 aromatic heterocycles. The van der Waals surface area contributed by atoms with Gasteiger partial charge in [-0.25, -0.2) is 14.6 Å². The molecule has 0 unspecified atom stereocenters. The van der Waals surface area contributed by atoms with E-state index in [0.717, 1.165) is 29.0 Å². The van der Waals surface area contributed by atoms with Gasteiger partial charge in [-0.05, 0) is 30.7 Å². The first kappa shape index (κ1) is 22.3. The molecule has 0 saturated carbocycles. The average molecular weight is 449 g/mol. The van der Waals surface area contributed by atoms with E-state index in [9.17, 15) is 4.79 Å². The lowest BCUT2D eigenvalue weighted by Crippen LogP contribution is -2.27. The van der Waals surface area contributed by atoms with Gasteiger partial charge in [-0.1, -0.05) is 30.3 Å². The summed E-state index contributed by atoms with van der Waals surface area (Å²) in [7, 11) is 1.66. The Balaban J connectivity index is 1.72. The molecule has 1 amide bonds. The summed E-state index contributed by atoms with van der Waals surface area (Å²) in [5, 5.41) is 12.8. The average Bonchev–Trinajstić information content (AvgIpc) is 3.16. The molecule has 0 bridgehead atoms. The molecule has 2 heterocycles. The second-order valence-electron chi connectivity index (χ2n) is 6.49. The molecule has 0 saturated heterocycles. The fourth-order valence-corrected chi connectivity index (χ4v) is 3.56. The monoisotopic (exact) mass is 448 g/mol. The molecule has 0 atom stereocenters. The molecular weight excluding hydrogens is 424 g/mol. The van der Waals surface area contributed by atoms with E-state index in [1.54, 1.807) is 54.0 Å². The van der Waals surface area contributed by atoms with Gasteiger partial charge in [-0.3, -0.25) is 4.79 Å². The van der Waals surface area contributed by atoms with Crippen molar-refractivity contribution in [3.05, 3.63) is 41.0 Å². The molecule has 0 fully saturated rings. The van der Waals surface area contributed by atoms with Crippen LogP contribution in [0.1, 0.15) is 23.7 Å². The Morgan fingerprint density at radius 2 is 2.03 bits per heavy atom. The normalized spacial score (nSPS) is 11.0. The quantitative estimate of drug-likeness (QED) is 0.263. The minimum Gasteiger partial charge on any atom is -0.383 e. The number of methoxy groups -OCH3 is 1. The molecule has 30 heavy (non-hydrogen) atoms. The number of amides is 1. The van der Waals surface area contributed by atoms with Crippen molar-refractivity contribution in [3.8, 4) is 0 Å². The van der Waals surface area contributed by atoms with Crippen molar-refractivity contribution in [1.82, 2.24) is 25.1 Å². The number of fused-ring (bicyclic) bond motifs is 1. The number of benzene rings is 1. The zero-order valence-electron chi connectivity index (χ0n) is 17.0. The largest absolute Gasteiger partial charge is 0.383 e. The van der Waals surface area contributed by atoms with Gasteiger partial charge in [0, 0.05) is 36.5 Å². The number of carbonyl (C=O) groups excluding carboxylic acids is 1. The van der Waals surface area contributed by atoms with E-state index < -0.39 is 0 Å². The fraction of sp³-hybridized carbons (Fsp3) is 0.400. The van der Waals surface area contributed by atoms with Gasteiger partial charge >= 0.3 is 0 Å². The van der Waals surface area contributed by atoms with Gasteiger partial charge in [0.15, 0.2) is 10.8 Å². The van der Waals surface area contributed by atoms with Gasteiger partial charge in [0.2, 0.25) is 0 Å². The predicted molar refractivity (Wildman–Crippen MR) is 120 cm³/mol. The van der Waals surface area contributed by atoms with Crippen molar-refractivity contribution in [1.29, 1.82) is 0 Å². The second kappa shape index (κ2) is 11.1. The van der Waals surface area contributed by atoms with Crippen LogP contribution < -0.4 is 10.6 Å². The van der Waals surface area contributed by atoms with Crippen LogP contribution in [0.25, 0.3) is 11.0 Å². The maximum atomic E-state index is 12.3. The van der Waals surface area contributed by atoms with Crippen molar-refractivity contribution >= 4 is 46.1 Å². The van der Waals surface area contributed by atoms with Gasteiger partial charge in [-0.15, -0.1) is 0 Å². The van der Waals surface area contributed by atoms with E-state index in [2.05, 4.69) is 32.6 Å². The third-order valence-corrected chi connectivity index (χ3v) is 5.53. The molecule has 2 N–H and O–H groups in total. The van der Waals surface area contributed by atoms with Crippen LogP contribution in [-0.2, 0) is 11.3 Å². The number of nitrogens with zero attached hydrogens (tertiary/aromatic N) is 4. The first-order valence-electron chi connectivity index (χ1n) is 9.75. The van der Waals surface area contributed by atoms with Gasteiger partial charge in [0.1, 0.15) is 5.82 Å². The molecule has 0 spiro atoms. The first-order chi connectivity index (χ1) is 14.6. The summed E-state index contributed by atoms with van der Waals surface area (Å²) >= 11 is 7.48. The van der Waals surface area contributed by atoms with E-state index in [4.69, 9.17) is 16.3 Å². The van der Waals surface area contributed by atoms with Crippen LogP contribution in [0, 0.1) is 0 Å². The van der Waals surface area contributed by atoms with Crippen molar-refractivity contribution in [2.45, 2.75) is 25.0 Å². The minimum atomic E-state index is -0.154. The molecule has 0 aliphatic rings. The Kier molecular flexibility index (Phi) is 8.30. The maximum Gasteiger partial charge on any atom is 0.251 e. The summed E-state index contributed by atoms with van der Waals surface area (Å²) in [6.07, 6.45) is 2.79. The first-order valence-corrected chi connectivity index (χ1v) is 11.1. The number of hydrogen-bond acceptors (Lipinski definition) is 7. The zero-order valence-corrected chi connectivity index (χ0v) is 18.6. The lowest BCUT2D eigenvalue weighted by molar-refractivity contribution is 0.0952. The summed E-state index contributed by atoms with van der Waals surface area (Å²) in [6.45, 7) is 4.26. The Hall–Kier alpha value is -2.36. The molecule has 8 nitrogen and oxygen atoms in total. The number of nitrogens with one attached hydrogen (secondary N) is 2. The van der Waals surface area contributed by atoms with Crippen LogP contribution in [0.5, 0.6) is 0 Å². The van der Waals surface area contributed by atoms with Crippen LogP contribution in [0.15, 0.2) is 35.6 Å².